The summed E-state index contributed by atoms with van der Waals surface area (Å²) < 4.78 is 0. The van der Waals surface area contributed by atoms with Gasteiger partial charge in [0.2, 0.25) is 5.95 Å². The Balaban J connectivity index is 1.92. The van der Waals surface area contributed by atoms with Crippen molar-refractivity contribution >= 4 is 17.6 Å². The summed E-state index contributed by atoms with van der Waals surface area (Å²) in [5.74, 6) is 2.88. The number of nitrogens with two attached hydrogens (primary N) is 2. The van der Waals surface area contributed by atoms with Crippen molar-refractivity contribution in [1.29, 1.82) is 0 Å². The predicted octanol–water partition coefficient (Wildman–Crippen LogP) is 1.88. The van der Waals surface area contributed by atoms with Crippen molar-refractivity contribution < 1.29 is 0 Å². The maximum Gasteiger partial charge on any atom is 0.223 e. The minimum absolute atomic E-state index is 0.226. The highest BCUT2D eigenvalue weighted by molar-refractivity contribution is 5.48. The molecule has 0 radical (unpaired) electrons. The first-order valence-electron chi connectivity index (χ1n) is 6.29. The van der Waals surface area contributed by atoms with Crippen LogP contribution < -0.4 is 16.8 Å². The van der Waals surface area contributed by atoms with Gasteiger partial charge < -0.3 is 16.8 Å². The topological polar surface area (TPSA) is 89.8 Å². The highest BCUT2D eigenvalue weighted by atomic mass is 15.1. The molecule has 1 saturated carbocycles. The molecule has 2 unspecified atom stereocenters. The first-order valence-corrected chi connectivity index (χ1v) is 6.29. The van der Waals surface area contributed by atoms with Crippen molar-refractivity contribution in [3.05, 3.63) is 6.07 Å². The predicted molar refractivity (Wildman–Crippen MR) is 70.5 cm³/mol. The number of rotatable bonds is 3. The van der Waals surface area contributed by atoms with Crippen molar-refractivity contribution in [2.45, 2.75) is 32.6 Å². The number of nitrogens with zero attached hydrogens (tertiary/aromatic N) is 2. The number of hydrogen-bond donors (Lipinski definition) is 3. The minimum Gasteiger partial charge on any atom is -0.383 e. The van der Waals surface area contributed by atoms with Gasteiger partial charge in [-0.2, -0.15) is 9.97 Å². The van der Waals surface area contributed by atoms with Crippen LogP contribution in [0.2, 0.25) is 0 Å². The lowest BCUT2D eigenvalue weighted by molar-refractivity contribution is 0.268. The third kappa shape index (κ3) is 3.22. The molecule has 1 aromatic rings. The molecule has 17 heavy (non-hydrogen) atoms. The minimum atomic E-state index is 0.226. The molecule has 5 heteroatoms. The SMILES string of the molecule is CC1CCCCC1CNc1cc(N)nc(N)n1. The van der Waals surface area contributed by atoms with Crippen molar-refractivity contribution in [3.63, 3.8) is 0 Å². The molecule has 0 spiro atoms. The molecule has 1 fully saturated rings. The fourth-order valence-corrected chi connectivity index (χ4v) is 2.51. The van der Waals surface area contributed by atoms with Crippen LogP contribution >= 0.6 is 0 Å². The van der Waals surface area contributed by atoms with Gasteiger partial charge in [-0.05, 0) is 18.3 Å². The molecule has 5 nitrogen and oxygen atoms in total. The normalized spacial score (nSPS) is 24.5. The zero-order valence-corrected chi connectivity index (χ0v) is 10.3. The Morgan fingerprint density at radius 1 is 1.29 bits per heavy atom. The van der Waals surface area contributed by atoms with E-state index in [-0.39, 0.29) is 5.95 Å². The van der Waals surface area contributed by atoms with Crippen molar-refractivity contribution in [2.24, 2.45) is 11.8 Å². The maximum absolute atomic E-state index is 5.62. The van der Waals surface area contributed by atoms with Gasteiger partial charge in [-0.1, -0.05) is 26.2 Å². The molecule has 1 aromatic heterocycles. The van der Waals surface area contributed by atoms with Gasteiger partial charge in [0.1, 0.15) is 11.6 Å². The molecule has 94 valence electrons. The lowest BCUT2D eigenvalue weighted by Crippen LogP contribution is -2.24. The van der Waals surface area contributed by atoms with E-state index in [9.17, 15) is 0 Å². The maximum atomic E-state index is 5.62. The van der Waals surface area contributed by atoms with Crippen molar-refractivity contribution in [2.75, 3.05) is 23.3 Å². The Labute approximate surface area is 102 Å². The molecule has 1 heterocycles. The Bertz CT molecular complexity index is 359. The van der Waals surface area contributed by atoms with Crippen LogP contribution in [0.1, 0.15) is 32.6 Å². The average Bonchev–Trinajstić information content (AvgIpc) is 2.27. The van der Waals surface area contributed by atoms with E-state index < -0.39 is 0 Å². The summed E-state index contributed by atoms with van der Waals surface area (Å²) in [6.45, 7) is 3.27. The average molecular weight is 235 g/mol. The van der Waals surface area contributed by atoms with E-state index in [4.69, 9.17) is 11.5 Å². The summed E-state index contributed by atoms with van der Waals surface area (Å²) in [6, 6.07) is 1.73. The smallest absolute Gasteiger partial charge is 0.223 e. The van der Waals surface area contributed by atoms with Gasteiger partial charge in [-0.3, -0.25) is 0 Å². The molecule has 1 aliphatic rings. The molecule has 2 atom stereocenters. The molecular formula is C12H21N5. The van der Waals surface area contributed by atoms with Crippen LogP contribution in [0.25, 0.3) is 0 Å². The molecule has 2 rings (SSSR count). The van der Waals surface area contributed by atoms with E-state index in [1.54, 1.807) is 6.07 Å². The highest BCUT2D eigenvalue weighted by Crippen LogP contribution is 2.29. The Kier molecular flexibility index (Phi) is 3.66. The number of anilines is 3. The molecular weight excluding hydrogens is 214 g/mol. The largest absolute Gasteiger partial charge is 0.383 e. The molecule has 0 saturated heterocycles. The number of nitrogen functional groups attached to an aromatic ring is 2. The zero-order chi connectivity index (χ0) is 12.3. The van der Waals surface area contributed by atoms with E-state index in [0.717, 1.165) is 24.2 Å². The van der Waals surface area contributed by atoms with Gasteiger partial charge in [0.15, 0.2) is 0 Å². The van der Waals surface area contributed by atoms with E-state index >= 15 is 0 Å². The van der Waals surface area contributed by atoms with Crippen LogP contribution in [-0.4, -0.2) is 16.5 Å². The van der Waals surface area contributed by atoms with Crippen molar-refractivity contribution in [1.82, 2.24) is 9.97 Å². The molecule has 5 N–H and O–H groups in total. The molecule has 1 aliphatic carbocycles. The standard InChI is InChI=1S/C12H21N5/c1-8-4-2-3-5-9(8)7-15-11-6-10(13)16-12(14)17-11/h6,8-9H,2-5,7H2,1H3,(H5,13,14,15,16,17). The summed E-state index contributed by atoms with van der Waals surface area (Å²) in [6.07, 6.45) is 5.33. The Morgan fingerprint density at radius 2 is 2.06 bits per heavy atom. The second kappa shape index (κ2) is 5.21. The van der Waals surface area contributed by atoms with E-state index in [0.29, 0.717) is 5.82 Å². The monoisotopic (exact) mass is 235 g/mol. The van der Waals surface area contributed by atoms with E-state index in [1.165, 1.54) is 25.7 Å². The van der Waals surface area contributed by atoms with Gasteiger partial charge in [0, 0.05) is 12.6 Å². The van der Waals surface area contributed by atoms with Gasteiger partial charge in [-0.15, -0.1) is 0 Å². The van der Waals surface area contributed by atoms with E-state index in [2.05, 4.69) is 22.2 Å². The summed E-state index contributed by atoms with van der Waals surface area (Å²) in [7, 11) is 0. The van der Waals surface area contributed by atoms with Crippen LogP contribution in [0.3, 0.4) is 0 Å². The summed E-state index contributed by atoms with van der Waals surface area (Å²) >= 11 is 0. The van der Waals surface area contributed by atoms with Crippen LogP contribution in [0.5, 0.6) is 0 Å². The van der Waals surface area contributed by atoms with Gasteiger partial charge in [0.05, 0.1) is 0 Å². The number of nitrogens with one attached hydrogen (secondary N) is 1. The zero-order valence-electron chi connectivity index (χ0n) is 10.3. The van der Waals surface area contributed by atoms with Gasteiger partial charge >= 0.3 is 0 Å². The molecule has 0 bridgehead atoms. The highest BCUT2D eigenvalue weighted by Gasteiger charge is 2.20. The second-order valence-corrected chi connectivity index (χ2v) is 4.94. The quantitative estimate of drug-likeness (QED) is 0.744. The number of aromatic nitrogens is 2. The van der Waals surface area contributed by atoms with Crippen molar-refractivity contribution in [3.8, 4) is 0 Å². The summed E-state index contributed by atoms with van der Waals surface area (Å²) in [5.41, 5.74) is 11.2. The third-order valence-electron chi connectivity index (χ3n) is 3.60. The van der Waals surface area contributed by atoms with Crippen LogP contribution in [0.15, 0.2) is 6.07 Å². The fourth-order valence-electron chi connectivity index (χ4n) is 2.51. The Morgan fingerprint density at radius 3 is 2.76 bits per heavy atom. The molecule has 0 aromatic carbocycles. The first kappa shape index (κ1) is 12.0. The fraction of sp³-hybridized carbons (Fsp3) is 0.667. The molecule has 0 aliphatic heterocycles. The lowest BCUT2D eigenvalue weighted by Gasteiger charge is -2.28. The summed E-state index contributed by atoms with van der Waals surface area (Å²) in [4.78, 5) is 7.97. The van der Waals surface area contributed by atoms with Crippen LogP contribution in [-0.2, 0) is 0 Å². The first-order chi connectivity index (χ1) is 8.15. The lowest BCUT2D eigenvalue weighted by atomic mass is 9.80. The summed E-state index contributed by atoms with van der Waals surface area (Å²) in [5, 5.41) is 3.32. The number of hydrogen-bond acceptors (Lipinski definition) is 5. The van der Waals surface area contributed by atoms with Crippen LogP contribution in [0, 0.1) is 11.8 Å². The molecule has 0 amide bonds. The van der Waals surface area contributed by atoms with E-state index in [1.807, 2.05) is 0 Å². The third-order valence-corrected chi connectivity index (χ3v) is 3.60. The second-order valence-electron chi connectivity index (χ2n) is 4.94. The van der Waals surface area contributed by atoms with Gasteiger partial charge in [0.25, 0.3) is 0 Å². The van der Waals surface area contributed by atoms with Gasteiger partial charge in [-0.25, -0.2) is 0 Å². The van der Waals surface area contributed by atoms with Crippen LogP contribution in [0.4, 0.5) is 17.6 Å². The Hall–Kier alpha value is -1.52.